The molecule has 8 heteroatoms. The van der Waals surface area contributed by atoms with Crippen LogP contribution in [0.5, 0.6) is 17.2 Å². The minimum atomic E-state index is -0.510. The number of benzene rings is 2. The maximum absolute atomic E-state index is 12.7. The molecular weight excluding hydrogens is 552 g/mol. The molecular formula is C34H43ClN2O5. The lowest BCUT2D eigenvalue weighted by atomic mass is 9.95. The van der Waals surface area contributed by atoms with E-state index in [0.717, 1.165) is 36.9 Å². The van der Waals surface area contributed by atoms with E-state index in [1.54, 1.807) is 21.3 Å². The standard InChI is InChI=1S/C34H43ClN2O5/c1-34(2,3)42-33(38)36-18-16-29(17-19-36)37(28-14-12-27(35)13-15-28)23-24-10-8-7-9-11-25(20-24)26-21-30(39-4)32(41-6)31(22-26)40-5/h7-8,10,12-15,20-22,29H,9,11,16-19,23H2,1-6H3. The molecule has 0 N–H and O–H groups in total. The lowest BCUT2D eigenvalue weighted by molar-refractivity contribution is 0.0205. The SMILES string of the molecule is COc1cc(C2=CC(CN(c3ccc(Cl)cc3)C3CCN(C(=O)OC(C)(C)C)CC3)=CC=CCC2)cc(OC)c1OC. The fourth-order valence-corrected chi connectivity index (χ4v) is 5.54. The predicted molar refractivity (Wildman–Crippen MR) is 170 cm³/mol. The first-order valence-electron chi connectivity index (χ1n) is 14.5. The van der Waals surface area contributed by atoms with Gasteiger partial charge in [-0.2, -0.15) is 0 Å². The van der Waals surface area contributed by atoms with Crippen molar-refractivity contribution in [2.45, 2.75) is 58.1 Å². The molecule has 4 rings (SSSR count). The molecule has 1 aliphatic heterocycles. The quantitative estimate of drug-likeness (QED) is 0.309. The van der Waals surface area contributed by atoms with Crippen LogP contribution in [0.1, 0.15) is 52.0 Å². The number of hydrogen-bond donors (Lipinski definition) is 0. The van der Waals surface area contributed by atoms with Gasteiger partial charge >= 0.3 is 6.09 Å². The van der Waals surface area contributed by atoms with Crippen molar-refractivity contribution in [3.05, 3.63) is 76.9 Å². The fourth-order valence-electron chi connectivity index (χ4n) is 5.41. The average molecular weight is 595 g/mol. The Hall–Kier alpha value is -3.58. The van der Waals surface area contributed by atoms with E-state index >= 15 is 0 Å². The summed E-state index contributed by atoms with van der Waals surface area (Å²) in [5, 5.41) is 0.705. The molecule has 0 bridgehead atoms. The smallest absolute Gasteiger partial charge is 0.410 e. The molecule has 1 saturated heterocycles. The summed E-state index contributed by atoms with van der Waals surface area (Å²) in [6, 6.07) is 12.3. The monoisotopic (exact) mass is 594 g/mol. The molecule has 0 unspecified atom stereocenters. The van der Waals surface area contributed by atoms with Gasteiger partial charge in [0.05, 0.1) is 21.3 Å². The molecule has 2 aliphatic rings. The number of likely N-dealkylation sites (tertiary alicyclic amines) is 1. The van der Waals surface area contributed by atoms with E-state index < -0.39 is 5.60 Å². The molecule has 42 heavy (non-hydrogen) atoms. The molecule has 0 atom stereocenters. The zero-order chi connectivity index (χ0) is 30.3. The number of piperidine rings is 1. The number of allylic oxidation sites excluding steroid dienone is 4. The Morgan fingerprint density at radius 2 is 1.64 bits per heavy atom. The van der Waals surface area contributed by atoms with E-state index in [2.05, 4.69) is 41.3 Å². The number of halogens is 1. The highest BCUT2D eigenvalue weighted by Gasteiger charge is 2.30. The van der Waals surface area contributed by atoms with E-state index in [0.29, 0.717) is 41.9 Å². The van der Waals surface area contributed by atoms with Crippen LogP contribution < -0.4 is 19.1 Å². The van der Waals surface area contributed by atoms with Gasteiger partial charge < -0.3 is 28.7 Å². The number of amides is 1. The maximum atomic E-state index is 12.7. The summed E-state index contributed by atoms with van der Waals surface area (Å²) in [5.41, 5.74) is 4.00. The van der Waals surface area contributed by atoms with Gasteiger partial charge in [0.2, 0.25) is 5.75 Å². The highest BCUT2D eigenvalue weighted by Crippen LogP contribution is 2.41. The molecule has 1 aliphatic carbocycles. The van der Waals surface area contributed by atoms with E-state index in [9.17, 15) is 4.79 Å². The van der Waals surface area contributed by atoms with Crippen LogP contribution in [0.2, 0.25) is 5.02 Å². The van der Waals surface area contributed by atoms with Crippen molar-refractivity contribution < 1.29 is 23.7 Å². The summed E-state index contributed by atoms with van der Waals surface area (Å²) >= 11 is 6.26. The van der Waals surface area contributed by atoms with Crippen LogP contribution in [0.3, 0.4) is 0 Å². The van der Waals surface area contributed by atoms with E-state index in [4.69, 9.17) is 30.5 Å². The Morgan fingerprint density at radius 3 is 2.21 bits per heavy atom. The van der Waals surface area contributed by atoms with E-state index in [-0.39, 0.29) is 12.1 Å². The summed E-state index contributed by atoms with van der Waals surface area (Å²) in [6.07, 6.45) is 12.1. The van der Waals surface area contributed by atoms with Gasteiger partial charge in [-0.25, -0.2) is 4.79 Å². The Balaban J connectivity index is 1.62. The summed E-state index contributed by atoms with van der Waals surface area (Å²) in [7, 11) is 4.89. The van der Waals surface area contributed by atoms with Crippen LogP contribution in [0.4, 0.5) is 10.5 Å². The van der Waals surface area contributed by atoms with Gasteiger partial charge in [0.1, 0.15) is 5.60 Å². The van der Waals surface area contributed by atoms with Crippen molar-refractivity contribution in [1.82, 2.24) is 4.90 Å². The normalized spacial score (nSPS) is 16.1. The second-order valence-corrected chi connectivity index (χ2v) is 12.0. The number of carbonyl (C=O) groups excluding carboxylic acids is 1. The third-order valence-electron chi connectivity index (χ3n) is 7.49. The number of methoxy groups -OCH3 is 3. The zero-order valence-electron chi connectivity index (χ0n) is 25.6. The molecule has 1 fully saturated rings. The van der Waals surface area contributed by atoms with Crippen molar-refractivity contribution in [2.24, 2.45) is 0 Å². The Morgan fingerprint density at radius 1 is 1.00 bits per heavy atom. The number of rotatable bonds is 8. The Kier molecular flexibility index (Phi) is 10.5. The zero-order valence-corrected chi connectivity index (χ0v) is 26.4. The van der Waals surface area contributed by atoms with Crippen molar-refractivity contribution in [3.63, 3.8) is 0 Å². The topological polar surface area (TPSA) is 60.5 Å². The van der Waals surface area contributed by atoms with Gasteiger partial charge in [-0.15, -0.1) is 0 Å². The van der Waals surface area contributed by atoms with Crippen LogP contribution in [-0.4, -0.2) is 63.6 Å². The summed E-state index contributed by atoms with van der Waals surface area (Å²) < 4.78 is 22.5. The number of carbonyl (C=O) groups is 1. The van der Waals surface area contributed by atoms with Crippen LogP contribution in [-0.2, 0) is 4.74 Å². The largest absolute Gasteiger partial charge is 0.493 e. The number of ether oxygens (including phenoxy) is 4. The molecule has 0 aromatic heterocycles. The third-order valence-corrected chi connectivity index (χ3v) is 7.74. The maximum Gasteiger partial charge on any atom is 0.410 e. The molecule has 1 heterocycles. The summed E-state index contributed by atoms with van der Waals surface area (Å²) in [6.45, 7) is 7.70. The molecule has 226 valence electrons. The van der Waals surface area contributed by atoms with Crippen LogP contribution in [0.15, 0.2) is 66.3 Å². The van der Waals surface area contributed by atoms with Gasteiger partial charge in [0, 0.05) is 36.4 Å². The van der Waals surface area contributed by atoms with Gasteiger partial charge in [-0.3, -0.25) is 0 Å². The fraction of sp³-hybridized carbons (Fsp3) is 0.441. The first kappa shape index (κ1) is 31.4. The first-order chi connectivity index (χ1) is 20.1. The average Bonchev–Trinajstić information content (AvgIpc) is 2.95. The highest BCUT2D eigenvalue weighted by atomic mass is 35.5. The number of anilines is 1. The first-order valence-corrected chi connectivity index (χ1v) is 14.9. The van der Waals surface area contributed by atoms with Crippen molar-refractivity contribution >= 4 is 29.0 Å². The molecule has 2 aromatic carbocycles. The van der Waals surface area contributed by atoms with Crippen molar-refractivity contribution in [2.75, 3.05) is 45.9 Å². The lowest BCUT2D eigenvalue weighted by Gasteiger charge is -2.40. The minimum absolute atomic E-state index is 0.246. The van der Waals surface area contributed by atoms with Crippen LogP contribution in [0.25, 0.3) is 5.57 Å². The Bertz CT molecular complexity index is 1290. The lowest BCUT2D eigenvalue weighted by Crippen LogP contribution is -2.48. The molecule has 0 saturated carbocycles. The van der Waals surface area contributed by atoms with Crippen molar-refractivity contribution in [3.8, 4) is 17.2 Å². The number of hydrogen-bond acceptors (Lipinski definition) is 6. The molecule has 0 radical (unpaired) electrons. The second kappa shape index (κ2) is 14.1. The number of nitrogens with zero attached hydrogens (tertiary/aromatic N) is 2. The molecule has 2 aromatic rings. The van der Waals surface area contributed by atoms with E-state index in [1.807, 2.05) is 49.9 Å². The van der Waals surface area contributed by atoms with Gasteiger partial charge in [-0.05, 0) is 99.6 Å². The summed E-state index contributed by atoms with van der Waals surface area (Å²) in [5.74, 6) is 1.85. The molecule has 0 spiro atoms. The van der Waals surface area contributed by atoms with E-state index in [1.165, 1.54) is 11.1 Å². The van der Waals surface area contributed by atoms with Crippen LogP contribution >= 0.6 is 11.6 Å². The van der Waals surface area contributed by atoms with Crippen LogP contribution in [0, 0.1) is 0 Å². The van der Waals surface area contributed by atoms with Gasteiger partial charge in [-0.1, -0.05) is 35.9 Å². The second-order valence-electron chi connectivity index (χ2n) is 11.6. The van der Waals surface area contributed by atoms with Crippen molar-refractivity contribution in [1.29, 1.82) is 0 Å². The molecule has 7 nitrogen and oxygen atoms in total. The van der Waals surface area contributed by atoms with Gasteiger partial charge in [0.15, 0.2) is 11.5 Å². The summed E-state index contributed by atoms with van der Waals surface area (Å²) in [4.78, 5) is 17.0. The third kappa shape index (κ3) is 8.03. The Labute approximate surface area is 255 Å². The van der Waals surface area contributed by atoms with Gasteiger partial charge in [0.25, 0.3) is 0 Å². The predicted octanol–water partition coefficient (Wildman–Crippen LogP) is 7.93. The minimum Gasteiger partial charge on any atom is -0.493 e. The molecule has 1 amide bonds. The highest BCUT2D eigenvalue weighted by molar-refractivity contribution is 6.30.